The molecule has 100 valence electrons. The molecule has 0 bridgehead atoms. The van der Waals surface area contributed by atoms with Crippen molar-refractivity contribution >= 4 is 5.97 Å². The molecule has 0 saturated heterocycles. The highest BCUT2D eigenvalue weighted by atomic mass is 16.5. The number of ether oxygens (including phenoxy) is 2. The van der Waals surface area contributed by atoms with Crippen LogP contribution in [0.25, 0.3) is 0 Å². The maximum absolute atomic E-state index is 11.4. The summed E-state index contributed by atoms with van der Waals surface area (Å²) in [6.45, 7) is 3.82. The monoisotopic (exact) mass is 261 g/mol. The lowest BCUT2D eigenvalue weighted by molar-refractivity contribution is 0.0599. The number of carbonyl (C=O) groups excluding carboxylic acids is 1. The molecule has 2 heterocycles. The molecule has 2 rings (SSSR count). The summed E-state index contributed by atoms with van der Waals surface area (Å²) in [4.78, 5) is 15.6. The molecule has 5 heteroatoms. The second kappa shape index (κ2) is 5.56. The minimum atomic E-state index is -0.412. The minimum Gasteiger partial charge on any atom is -0.484 e. The Morgan fingerprint density at radius 3 is 2.89 bits per heavy atom. The van der Waals surface area contributed by atoms with Gasteiger partial charge in [0.25, 0.3) is 0 Å². The maximum atomic E-state index is 11.4. The van der Waals surface area contributed by atoms with Crippen LogP contribution in [0.15, 0.2) is 28.8 Å². The molecule has 19 heavy (non-hydrogen) atoms. The Kier molecular flexibility index (Phi) is 3.85. The maximum Gasteiger partial charge on any atom is 0.341 e. The average Bonchev–Trinajstić information content (AvgIpc) is 2.78. The summed E-state index contributed by atoms with van der Waals surface area (Å²) >= 11 is 0. The van der Waals surface area contributed by atoms with Crippen molar-refractivity contribution in [3.05, 3.63) is 47.2 Å². The smallest absolute Gasteiger partial charge is 0.341 e. The summed E-state index contributed by atoms with van der Waals surface area (Å²) < 4.78 is 15.7. The fourth-order valence-electron chi connectivity index (χ4n) is 1.70. The zero-order valence-corrected chi connectivity index (χ0v) is 11.1. The molecule has 0 aliphatic carbocycles. The first-order valence-corrected chi connectivity index (χ1v) is 5.84. The Bertz CT molecular complexity index is 589. The van der Waals surface area contributed by atoms with Crippen molar-refractivity contribution in [1.29, 1.82) is 0 Å². The summed E-state index contributed by atoms with van der Waals surface area (Å²) in [5.41, 5.74) is 1.22. The van der Waals surface area contributed by atoms with Gasteiger partial charge in [-0.3, -0.25) is 4.98 Å². The number of aromatic nitrogens is 1. The van der Waals surface area contributed by atoms with Gasteiger partial charge in [0, 0.05) is 6.20 Å². The first kappa shape index (κ1) is 13.1. The number of esters is 1. The van der Waals surface area contributed by atoms with Crippen LogP contribution in [0, 0.1) is 13.8 Å². The van der Waals surface area contributed by atoms with Gasteiger partial charge in [0.15, 0.2) is 0 Å². The number of hydrogen-bond donors (Lipinski definition) is 0. The molecule has 0 saturated carbocycles. The van der Waals surface area contributed by atoms with Gasteiger partial charge >= 0.3 is 5.97 Å². The second-order valence-electron chi connectivity index (χ2n) is 4.05. The SMILES string of the molecule is COC(=O)c1cc(COc2cccnc2C)oc1C. The third-order valence-electron chi connectivity index (χ3n) is 2.70. The normalized spacial score (nSPS) is 10.3. The summed E-state index contributed by atoms with van der Waals surface area (Å²) in [6.07, 6.45) is 1.70. The topological polar surface area (TPSA) is 61.6 Å². The quantitative estimate of drug-likeness (QED) is 0.792. The lowest BCUT2D eigenvalue weighted by atomic mass is 10.2. The van der Waals surface area contributed by atoms with Crippen molar-refractivity contribution in [2.45, 2.75) is 20.5 Å². The van der Waals surface area contributed by atoms with Gasteiger partial charge in [-0.25, -0.2) is 4.79 Å². The highest BCUT2D eigenvalue weighted by molar-refractivity contribution is 5.90. The molecular formula is C14H15NO4. The third-order valence-corrected chi connectivity index (χ3v) is 2.70. The van der Waals surface area contributed by atoms with Crippen LogP contribution < -0.4 is 4.74 Å². The molecule has 0 aliphatic rings. The van der Waals surface area contributed by atoms with Crippen LogP contribution in [-0.2, 0) is 11.3 Å². The van der Waals surface area contributed by atoms with Gasteiger partial charge in [-0.1, -0.05) is 0 Å². The van der Waals surface area contributed by atoms with Crippen LogP contribution in [0.1, 0.15) is 27.6 Å². The molecule has 0 N–H and O–H groups in total. The first-order valence-electron chi connectivity index (χ1n) is 5.84. The second-order valence-corrected chi connectivity index (χ2v) is 4.05. The molecule has 0 fully saturated rings. The van der Waals surface area contributed by atoms with Gasteiger partial charge in [-0.15, -0.1) is 0 Å². The largest absolute Gasteiger partial charge is 0.484 e. The van der Waals surface area contributed by atoms with E-state index in [4.69, 9.17) is 9.15 Å². The lowest BCUT2D eigenvalue weighted by Gasteiger charge is -2.05. The van der Waals surface area contributed by atoms with E-state index in [1.54, 1.807) is 25.3 Å². The molecule has 0 spiro atoms. The standard InChI is InChI=1S/C14H15NO4/c1-9-13(5-4-6-15-9)18-8-11-7-12(10(2)19-11)14(16)17-3/h4-7H,8H2,1-3H3. The minimum absolute atomic E-state index is 0.240. The Morgan fingerprint density at radius 1 is 1.42 bits per heavy atom. The molecular weight excluding hydrogens is 246 g/mol. The van der Waals surface area contributed by atoms with Crippen molar-refractivity contribution in [2.24, 2.45) is 0 Å². The number of methoxy groups -OCH3 is 1. The third kappa shape index (κ3) is 2.93. The van der Waals surface area contributed by atoms with Crippen molar-refractivity contribution < 1.29 is 18.7 Å². The highest BCUT2D eigenvalue weighted by Gasteiger charge is 2.15. The molecule has 0 aromatic carbocycles. The van der Waals surface area contributed by atoms with Gasteiger partial charge in [-0.05, 0) is 32.0 Å². The number of furan rings is 1. The van der Waals surface area contributed by atoms with E-state index >= 15 is 0 Å². The molecule has 5 nitrogen and oxygen atoms in total. The van der Waals surface area contributed by atoms with Crippen LogP contribution in [-0.4, -0.2) is 18.1 Å². The van der Waals surface area contributed by atoms with Crippen LogP contribution >= 0.6 is 0 Å². The van der Waals surface area contributed by atoms with Crippen LogP contribution in [0.2, 0.25) is 0 Å². The number of aryl methyl sites for hydroxylation is 2. The molecule has 0 aliphatic heterocycles. The Morgan fingerprint density at radius 2 is 2.21 bits per heavy atom. The van der Waals surface area contributed by atoms with Gasteiger partial charge in [0.2, 0.25) is 0 Å². The van der Waals surface area contributed by atoms with E-state index < -0.39 is 5.97 Å². The zero-order valence-electron chi connectivity index (χ0n) is 11.1. The number of nitrogens with zero attached hydrogens (tertiary/aromatic N) is 1. The molecule has 2 aromatic rings. The average molecular weight is 261 g/mol. The van der Waals surface area contributed by atoms with E-state index in [0.717, 1.165) is 5.69 Å². The summed E-state index contributed by atoms with van der Waals surface area (Å²) in [6, 6.07) is 5.27. The van der Waals surface area contributed by atoms with Crippen molar-refractivity contribution in [1.82, 2.24) is 4.98 Å². The number of rotatable bonds is 4. The predicted molar refractivity (Wildman–Crippen MR) is 68.1 cm³/mol. The van der Waals surface area contributed by atoms with Crippen LogP contribution in [0.3, 0.4) is 0 Å². The first-order chi connectivity index (χ1) is 9.11. The van der Waals surface area contributed by atoms with Gasteiger partial charge in [0.05, 0.1) is 12.8 Å². The number of carbonyl (C=O) groups is 1. The summed E-state index contributed by atoms with van der Waals surface area (Å²) in [7, 11) is 1.34. The van der Waals surface area contributed by atoms with Crippen molar-refractivity contribution in [3.63, 3.8) is 0 Å². The van der Waals surface area contributed by atoms with Crippen LogP contribution in [0.5, 0.6) is 5.75 Å². The Hall–Kier alpha value is -2.30. The van der Waals surface area contributed by atoms with E-state index in [-0.39, 0.29) is 6.61 Å². The summed E-state index contributed by atoms with van der Waals surface area (Å²) in [5.74, 6) is 1.37. The Labute approximate surface area is 111 Å². The van der Waals surface area contributed by atoms with Crippen LogP contribution in [0.4, 0.5) is 0 Å². The highest BCUT2D eigenvalue weighted by Crippen LogP contribution is 2.19. The molecule has 0 amide bonds. The van der Waals surface area contributed by atoms with Crippen molar-refractivity contribution in [3.8, 4) is 5.75 Å². The van der Waals surface area contributed by atoms with E-state index in [1.165, 1.54) is 7.11 Å². The van der Waals surface area contributed by atoms with Crippen molar-refractivity contribution in [2.75, 3.05) is 7.11 Å². The molecule has 2 aromatic heterocycles. The van der Waals surface area contributed by atoms with E-state index in [2.05, 4.69) is 9.72 Å². The van der Waals surface area contributed by atoms with E-state index in [1.807, 2.05) is 13.0 Å². The zero-order chi connectivity index (χ0) is 13.8. The van der Waals surface area contributed by atoms with E-state index in [9.17, 15) is 4.79 Å². The number of hydrogen-bond acceptors (Lipinski definition) is 5. The molecule has 0 radical (unpaired) electrons. The summed E-state index contributed by atoms with van der Waals surface area (Å²) in [5, 5.41) is 0. The fourth-order valence-corrected chi connectivity index (χ4v) is 1.70. The Balaban J connectivity index is 2.09. The lowest BCUT2D eigenvalue weighted by Crippen LogP contribution is -2.01. The fraction of sp³-hybridized carbons (Fsp3) is 0.286. The van der Waals surface area contributed by atoms with Gasteiger partial charge < -0.3 is 13.9 Å². The van der Waals surface area contributed by atoms with Gasteiger partial charge in [-0.2, -0.15) is 0 Å². The number of pyridine rings is 1. The van der Waals surface area contributed by atoms with E-state index in [0.29, 0.717) is 22.8 Å². The molecule has 0 atom stereocenters. The molecule has 0 unspecified atom stereocenters. The van der Waals surface area contributed by atoms with Gasteiger partial charge in [0.1, 0.15) is 29.4 Å². The predicted octanol–water partition coefficient (Wildman–Crippen LogP) is 2.66.